The Morgan fingerprint density at radius 1 is 1.08 bits per heavy atom. The first-order valence-electron chi connectivity index (χ1n) is 12.8. The number of carbonyl (C=O) groups excluding carboxylic acids is 1. The zero-order chi connectivity index (χ0) is 26.6. The van der Waals surface area contributed by atoms with Crippen LogP contribution in [-0.4, -0.2) is 33.3 Å². The van der Waals surface area contributed by atoms with E-state index in [-0.39, 0.29) is 11.5 Å². The van der Waals surface area contributed by atoms with Gasteiger partial charge in [-0.25, -0.2) is 4.98 Å². The zero-order valence-electron chi connectivity index (χ0n) is 21.1. The van der Waals surface area contributed by atoms with Crippen LogP contribution in [0, 0.1) is 0 Å². The predicted octanol–water partition coefficient (Wildman–Crippen LogP) is 6.10. The van der Waals surface area contributed by atoms with Gasteiger partial charge in [0.15, 0.2) is 0 Å². The highest BCUT2D eigenvalue weighted by molar-refractivity contribution is 7.21. The lowest BCUT2D eigenvalue weighted by Crippen LogP contribution is -2.38. The van der Waals surface area contributed by atoms with E-state index in [1.807, 2.05) is 79.7 Å². The van der Waals surface area contributed by atoms with E-state index in [0.29, 0.717) is 59.2 Å². The summed E-state index contributed by atoms with van der Waals surface area (Å²) in [5.74, 6) is -0.169. The molecule has 0 spiro atoms. The first kappa shape index (κ1) is 26.1. The van der Waals surface area contributed by atoms with Crippen LogP contribution in [0.3, 0.4) is 0 Å². The number of benzene rings is 2. The third kappa shape index (κ3) is 4.97. The summed E-state index contributed by atoms with van der Waals surface area (Å²) in [7, 11) is 0. The minimum atomic E-state index is -0.424. The van der Waals surface area contributed by atoms with Gasteiger partial charge in [-0.2, -0.15) is 0 Å². The highest BCUT2D eigenvalue weighted by atomic mass is 35.5. The van der Waals surface area contributed by atoms with Crippen molar-refractivity contribution in [3.05, 3.63) is 116 Å². The van der Waals surface area contributed by atoms with Crippen LogP contribution >= 0.6 is 22.9 Å². The van der Waals surface area contributed by atoms with Crippen LogP contribution in [0.1, 0.15) is 52.3 Å². The molecule has 3 heterocycles. The van der Waals surface area contributed by atoms with Gasteiger partial charge in [0.05, 0.1) is 16.8 Å². The maximum Gasteiger partial charge on any atom is 0.266 e. The normalized spacial score (nSPS) is 12.2. The molecular weight excluding hydrogens is 516 g/mol. The Bertz CT molecular complexity index is 1650. The molecule has 2 N–H and O–H groups in total. The number of thiophene rings is 1. The standard InChI is InChI=1S/C30H29ClN4O2S/c1-2-23(34(18-10-16-32)30(37)28-26(31)21-13-6-7-14-24(21)38-28)27-22(19-20-11-4-3-5-12-20)29(36)35-17-9-8-15-25(35)33-27/h3-9,11-15,17,23H,2,10,16,18-19,32H2,1H3. The smallest absolute Gasteiger partial charge is 0.266 e. The lowest BCUT2D eigenvalue weighted by Gasteiger charge is -2.32. The molecule has 1 atom stereocenters. The first-order valence-corrected chi connectivity index (χ1v) is 13.9. The zero-order valence-corrected chi connectivity index (χ0v) is 22.7. The van der Waals surface area contributed by atoms with E-state index >= 15 is 0 Å². The van der Waals surface area contributed by atoms with Crippen molar-refractivity contribution in [3.63, 3.8) is 0 Å². The number of nitrogens with two attached hydrogens (primary N) is 1. The average molecular weight is 545 g/mol. The minimum Gasteiger partial charge on any atom is -0.330 e. The second-order valence-corrected chi connectivity index (χ2v) is 10.6. The van der Waals surface area contributed by atoms with E-state index in [1.165, 1.54) is 11.3 Å². The van der Waals surface area contributed by atoms with E-state index in [9.17, 15) is 9.59 Å². The van der Waals surface area contributed by atoms with Crippen LogP contribution < -0.4 is 11.3 Å². The van der Waals surface area contributed by atoms with Gasteiger partial charge >= 0.3 is 0 Å². The molecule has 0 fully saturated rings. The quantitative estimate of drug-likeness (QED) is 0.243. The van der Waals surface area contributed by atoms with E-state index in [0.717, 1.165) is 15.6 Å². The van der Waals surface area contributed by atoms with Crippen molar-refractivity contribution in [2.75, 3.05) is 13.1 Å². The molecule has 5 aromatic rings. The summed E-state index contributed by atoms with van der Waals surface area (Å²) in [4.78, 5) is 35.2. The van der Waals surface area contributed by atoms with Gasteiger partial charge in [-0.05, 0) is 43.1 Å². The van der Waals surface area contributed by atoms with Gasteiger partial charge in [-0.1, -0.05) is 73.1 Å². The fourth-order valence-electron chi connectivity index (χ4n) is 4.89. The van der Waals surface area contributed by atoms with E-state index < -0.39 is 6.04 Å². The summed E-state index contributed by atoms with van der Waals surface area (Å²) in [5, 5.41) is 1.32. The van der Waals surface area contributed by atoms with Crippen molar-refractivity contribution in [1.29, 1.82) is 0 Å². The fourth-order valence-corrected chi connectivity index (χ4v) is 6.36. The monoisotopic (exact) mass is 544 g/mol. The number of hydrogen-bond donors (Lipinski definition) is 1. The third-order valence-electron chi connectivity index (χ3n) is 6.75. The van der Waals surface area contributed by atoms with Crippen LogP contribution in [-0.2, 0) is 6.42 Å². The number of nitrogens with zero attached hydrogens (tertiary/aromatic N) is 3. The Labute approximate surface area is 230 Å². The van der Waals surface area contributed by atoms with Gasteiger partial charge in [-0.15, -0.1) is 11.3 Å². The Hall–Kier alpha value is -3.52. The Morgan fingerprint density at radius 2 is 1.82 bits per heavy atom. The number of hydrogen-bond acceptors (Lipinski definition) is 5. The molecule has 194 valence electrons. The van der Waals surface area contributed by atoms with Crippen molar-refractivity contribution >= 4 is 44.6 Å². The molecule has 6 nitrogen and oxygen atoms in total. The number of aromatic nitrogens is 2. The highest BCUT2D eigenvalue weighted by Crippen LogP contribution is 2.38. The SMILES string of the molecule is CCC(c1nc2ccccn2c(=O)c1Cc1ccccc1)N(CCCN)C(=O)c1sc2ccccc2c1Cl. The van der Waals surface area contributed by atoms with Crippen LogP contribution in [0.5, 0.6) is 0 Å². The van der Waals surface area contributed by atoms with Crippen molar-refractivity contribution in [2.24, 2.45) is 5.73 Å². The number of rotatable bonds is 9. The molecule has 8 heteroatoms. The van der Waals surface area contributed by atoms with Gasteiger partial charge in [0, 0.05) is 34.8 Å². The molecular formula is C30H29ClN4O2S. The molecule has 0 saturated heterocycles. The molecule has 2 aromatic carbocycles. The molecule has 0 saturated carbocycles. The van der Waals surface area contributed by atoms with E-state index in [2.05, 4.69) is 0 Å². The maximum absolute atomic E-state index is 14.1. The molecule has 38 heavy (non-hydrogen) atoms. The number of fused-ring (bicyclic) bond motifs is 2. The van der Waals surface area contributed by atoms with Crippen LogP contribution in [0.4, 0.5) is 0 Å². The lowest BCUT2D eigenvalue weighted by atomic mass is 9.98. The largest absolute Gasteiger partial charge is 0.330 e. The highest BCUT2D eigenvalue weighted by Gasteiger charge is 2.31. The number of pyridine rings is 1. The molecule has 0 aliphatic carbocycles. The van der Waals surface area contributed by atoms with Crippen molar-refractivity contribution in [2.45, 2.75) is 32.2 Å². The maximum atomic E-state index is 14.1. The van der Waals surface area contributed by atoms with Gasteiger partial charge in [0.2, 0.25) is 0 Å². The van der Waals surface area contributed by atoms with E-state index in [4.69, 9.17) is 22.3 Å². The third-order valence-corrected chi connectivity index (χ3v) is 8.42. The van der Waals surface area contributed by atoms with Crippen LogP contribution in [0.25, 0.3) is 15.7 Å². The van der Waals surface area contributed by atoms with Crippen molar-refractivity contribution in [3.8, 4) is 0 Å². The summed E-state index contributed by atoms with van der Waals surface area (Å²) in [6.07, 6.45) is 3.35. The Kier molecular flexibility index (Phi) is 7.88. The number of carbonyl (C=O) groups is 1. The number of halogens is 1. The molecule has 5 rings (SSSR count). The van der Waals surface area contributed by atoms with Gasteiger partial charge < -0.3 is 10.6 Å². The molecule has 0 aliphatic rings. The molecule has 1 amide bonds. The molecule has 0 bridgehead atoms. The molecule has 0 radical (unpaired) electrons. The predicted molar refractivity (Wildman–Crippen MR) is 155 cm³/mol. The topological polar surface area (TPSA) is 80.7 Å². The molecule has 1 unspecified atom stereocenters. The van der Waals surface area contributed by atoms with Crippen molar-refractivity contribution < 1.29 is 4.79 Å². The lowest BCUT2D eigenvalue weighted by molar-refractivity contribution is 0.0669. The Balaban J connectivity index is 1.66. The van der Waals surface area contributed by atoms with E-state index in [1.54, 1.807) is 15.5 Å². The average Bonchev–Trinajstić information content (AvgIpc) is 3.29. The summed E-state index contributed by atoms with van der Waals surface area (Å²) in [5.41, 5.74) is 8.52. The first-order chi connectivity index (χ1) is 18.5. The second-order valence-electron chi connectivity index (χ2n) is 9.18. The van der Waals surface area contributed by atoms with Crippen LogP contribution in [0.15, 0.2) is 83.8 Å². The van der Waals surface area contributed by atoms with Gasteiger partial charge in [0.1, 0.15) is 10.5 Å². The Morgan fingerprint density at radius 3 is 2.55 bits per heavy atom. The molecule has 3 aromatic heterocycles. The summed E-state index contributed by atoms with van der Waals surface area (Å²) in [6, 6.07) is 22.7. The number of amides is 1. The summed E-state index contributed by atoms with van der Waals surface area (Å²) >= 11 is 8.12. The van der Waals surface area contributed by atoms with Crippen LogP contribution in [0.2, 0.25) is 5.02 Å². The van der Waals surface area contributed by atoms with Gasteiger partial charge in [-0.3, -0.25) is 14.0 Å². The second kappa shape index (κ2) is 11.5. The summed E-state index contributed by atoms with van der Waals surface area (Å²) < 4.78 is 2.53. The van der Waals surface area contributed by atoms with Gasteiger partial charge in [0.25, 0.3) is 11.5 Å². The minimum absolute atomic E-state index is 0.126. The fraction of sp³-hybridized carbons (Fsp3) is 0.233. The summed E-state index contributed by atoms with van der Waals surface area (Å²) in [6.45, 7) is 2.88. The molecule has 0 aliphatic heterocycles. The van der Waals surface area contributed by atoms with Crippen molar-refractivity contribution in [1.82, 2.24) is 14.3 Å².